The average Bonchev–Trinajstić information content (AvgIpc) is 3.10. The number of likely N-dealkylation sites (N-methyl/N-ethyl adjacent to an activating group) is 1. The maximum Gasteiger partial charge on any atom is 0.407 e. The minimum Gasteiger partial charge on any atom is -0.478 e. The molecule has 2 aliphatic rings. The Morgan fingerprint density at radius 1 is 0.792 bits per heavy atom. The second-order valence-electron chi connectivity index (χ2n) is 10.4. The van der Waals surface area contributed by atoms with Gasteiger partial charge in [0.15, 0.2) is 26.3 Å². The third kappa shape index (κ3) is 8.51. The smallest absolute Gasteiger partial charge is 0.407 e. The molecule has 0 spiro atoms. The fourth-order valence-corrected chi connectivity index (χ4v) is 5.24. The number of nitrogens with zero attached hydrogens (tertiary/aromatic N) is 2. The molecule has 48 heavy (non-hydrogen) atoms. The van der Waals surface area contributed by atoms with Gasteiger partial charge in [-0.2, -0.15) is 0 Å². The van der Waals surface area contributed by atoms with Crippen molar-refractivity contribution in [3.63, 3.8) is 0 Å². The number of carbonyl (C=O) groups is 4. The van der Waals surface area contributed by atoms with Crippen LogP contribution < -0.4 is 30.8 Å². The van der Waals surface area contributed by atoms with E-state index in [-0.39, 0.29) is 38.5 Å². The number of alkyl carbamates (subject to hydrolysis) is 3. The van der Waals surface area contributed by atoms with E-state index in [9.17, 15) is 24.3 Å². The number of carboxylic acid groups (broad SMARTS) is 1. The molecule has 1 aliphatic heterocycles. The molecule has 254 valence electrons. The van der Waals surface area contributed by atoms with Crippen LogP contribution in [0.2, 0.25) is 0 Å². The van der Waals surface area contributed by atoms with Crippen molar-refractivity contribution in [2.24, 2.45) is 0 Å². The lowest BCUT2D eigenvalue weighted by atomic mass is 9.90. The molecule has 1 heterocycles. The van der Waals surface area contributed by atoms with Crippen molar-refractivity contribution in [1.29, 1.82) is 0 Å². The number of aromatic carboxylic acids is 1. The number of rotatable bonds is 13. The normalized spacial score (nSPS) is 10.7. The number of benzene rings is 3. The van der Waals surface area contributed by atoms with E-state index in [1.165, 1.54) is 21.1 Å². The Labute approximate surface area is 277 Å². The van der Waals surface area contributed by atoms with Crippen LogP contribution in [0.1, 0.15) is 17.3 Å². The molecule has 0 bridgehead atoms. The summed E-state index contributed by atoms with van der Waals surface area (Å²) < 4.78 is 24.0. The minimum atomic E-state index is -1.06. The van der Waals surface area contributed by atoms with Crippen LogP contribution in [0.15, 0.2) is 65.1 Å². The second-order valence-corrected chi connectivity index (χ2v) is 10.4. The molecular formula is C34H40N5O9+. The summed E-state index contributed by atoms with van der Waals surface area (Å²) in [6.07, 6.45) is -1.66. The van der Waals surface area contributed by atoms with E-state index in [1.807, 2.05) is 52.8 Å². The highest BCUT2D eigenvalue weighted by atomic mass is 16.6. The first-order valence-electron chi connectivity index (χ1n) is 15.4. The molecule has 0 saturated heterocycles. The Morgan fingerprint density at radius 2 is 1.42 bits per heavy atom. The topological polar surface area (TPSA) is 172 Å². The number of nitrogens with one attached hydrogen (secondary N) is 3. The first kappa shape index (κ1) is 35.1. The van der Waals surface area contributed by atoms with Gasteiger partial charge in [-0.3, -0.25) is 0 Å². The lowest BCUT2D eigenvalue weighted by molar-refractivity contribution is 0.0697. The number of fused-ring (bicyclic) bond motifs is 2. The fraction of sp³-hybridized carbons (Fsp3) is 0.324. The fourth-order valence-electron chi connectivity index (χ4n) is 5.24. The van der Waals surface area contributed by atoms with Crippen LogP contribution in [0.25, 0.3) is 33.4 Å². The van der Waals surface area contributed by atoms with E-state index in [0.717, 1.165) is 5.69 Å². The Kier molecular flexibility index (Phi) is 12.2. The van der Waals surface area contributed by atoms with Crippen LogP contribution in [0.5, 0.6) is 0 Å². The molecule has 2 aromatic carbocycles. The van der Waals surface area contributed by atoms with Gasteiger partial charge in [0.1, 0.15) is 18.0 Å². The number of carbonyl (C=O) groups excluding carboxylic acids is 3. The molecule has 0 radical (unpaired) electrons. The van der Waals surface area contributed by atoms with Gasteiger partial charge in [0.2, 0.25) is 5.36 Å². The number of anilines is 1. The van der Waals surface area contributed by atoms with Crippen LogP contribution in [-0.4, -0.2) is 96.5 Å². The molecule has 14 heteroatoms. The molecular weight excluding hydrogens is 622 g/mol. The van der Waals surface area contributed by atoms with Gasteiger partial charge >= 0.3 is 24.2 Å². The first-order chi connectivity index (χ1) is 23.2. The highest BCUT2D eigenvalue weighted by Gasteiger charge is 2.23. The van der Waals surface area contributed by atoms with E-state index >= 15 is 0 Å². The van der Waals surface area contributed by atoms with Gasteiger partial charge in [0.05, 0.1) is 18.2 Å². The van der Waals surface area contributed by atoms with Gasteiger partial charge in [0, 0.05) is 62.0 Å². The molecule has 0 atom stereocenters. The van der Waals surface area contributed by atoms with Crippen molar-refractivity contribution in [2.75, 3.05) is 72.0 Å². The molecule has 0 aromatic heterocycles. The van der Waals surface area contributed by atoms with E-state index < -0.39 is 24.2 Å². The molecule has 0 saturated carbocycles. The maximum absolute atomic E-state index is 12.3. The van der Waals surface area contributed by atoms with Crippen molar-refractivity contribution >= 4 is 40.9 Å². The summed E-state index contributed by atoms with van der Waals surface area (Å²) >= 11 is 0. The molecule has 4 rings (SSSR count). The predicted molar refractivity (Wildman–Crippen MR) is 179 cm³/mol. The van der Waals surface area contributed by atoms with Crippen LogP contribution in [0.4, 0.5) is 20.1 Å². The highest BCUT2D eigenvalue weighted by Crippen LogP contribution is 2.42. The van der Waals surface area contributed by atoms with Crippen molar-refractivity contribution in [2.45, 2.75) is 6.92 Å². The molecule has 1 aliphatic carbocycles. The quantitative estimate of drug-likeness (QED) is 0.0943. The Bertz CT molecular complexity index is 1800. The number of ether oxygens (including phenoxy) is 3. The lowest BCUT2D eigenvalue weighted by Crippen LogP contribution is -2.37. The molecule has 0 unspecified atom stereocenters. The van der Waals surface area contributed by atoms with E-state index in [4.69, 9.17) is 18.6 Å². The monoisotopic (exact) mass is 662 g/mol. The van der Waals surface area contributed by atoms with E-state index in [2.05, 4.69) is 16.0 Å². The maximum atomic E-state index is 12.3. The van der Waals surface area contributed by atoms with Gasteiger partial charge in [-0.05, 0) is 36.8 Å². The largest absolute Gasteiger partial charge is 0.478 e. The highest BCUT2D eigenvalue weighted by molar-refractivity contribution is 6.07. The van der Waals surface area contributed by atoms with Gasteiger partial charge < -0.3 is 44.6 Å². The molecule has 2 aromatic rings. The van der Waals surface area contributed by atoms with Crippen molar-refractivity contribution in [1.82, 2.24) is 20.5 Å². The van der Waals surface area contributed by atoms with Crippen molar-refractivity contribution in [3.8, 4) is 22.5 Å². The number of amides is 3. The summed E-state index contributed by atoms with van der Waals surface area (Å²) in [5.74, 6) is -0.588. The summed E-state index contributed by atoms with van der Waals surface area (Å²) in [5.41, 5.74) is 3.36. The zero-order valence-electron chi connectivity index (χ0n) is 27.3. The molecule has 0 fully saturated rings. The molecule has 4 N–H and O–H groups in total. The summed E-state index contributed by atoms with van der Waals surface area (Å²) in [7, 11) is 4.43. The predicted octanol–water partition coefficient (Wildman–Crippen LogP) is 3.57. The third-order valence-electron chi connectivity index (χ3n) is 7.62. The van der Waals surface area contributed by atoms with E-state index in [0.29, 0.717) is 51.9 Å². The summed E-state index contributed by atoms with van der Waals surface area (Å²) in [6.45, 7) is 3.90. The SMILES string of the molecule is CCN(CCOC(=O)NC)c1ccc2c(-c3ccccc3C(=O)O)c3ccc(=[N+](CCOC(=O)NC)CCOC(=O)NC)cc-3oc2c1. The van der Waals surface area contributed by atoms with Gasteiger partial charge in [-0.25, -0.2) is 23.8 Å². The van der Waals surface area contributed by atoms with Crippen molar-refractivity contribution in [3.05, 3.63) is 71.6 Å². The minimum absolute atomic E-state index is 0.0592. The lowest BCUT2D eigenvalue weighted by Gasteiger charge is -2.24. The Hall–Kier alpha value is -5.79. The number of hydrogen-bond donors (Lipinski definition) is 4. The molecule has 14 nitrogen and oxygen atoms in total. The van der Waals surface area contributed by atoms with Crippen LogP contribution >= 0.6 is 0 Å². The van der Waals surface area contributed by atoms with Gasteiger partial charge in [-0.1, -0.05) is 18.2 Å². The average molecular weight is 663 g/mol. The van der Waals surface area contributed by atoms with Gasteiger partial charge in [-0.15, -0.1) is 0 Å². The van der Waals surface area contributed by atoms with Crippen LogP contribution in [0.3, 0.4) is 0 Å². The van der Waals surface area contributed by atoms with Crippen LogP contribution in [-0.2, 0) is 14.2 Å². The number of hydrogen-bond acceptors (Lipinski definition) is 9. The summed E-state index contributed by atoms with van der Waals surface area (Å²) in [4.78, 5) is 49.4. The summed E-state index contributed by atoms with van der Waals surface area (Å²) in [6, 6.07) is 18.0. The van der Waals surface area contributed by atoms with Gasteiger partial charge in [0.25, 0.3) is 0 Å². The summed E-state index contributed by atoms with van der Waals surface area (Å²) in [5, 5.41) is 18.8. The zero-order chi connectivity index (χ0) is 34.6. The Morgan fingerprint density at radius 3 is 2.02 bits per heavy atom. The molecule has 3 amide bonds. The number of carboxylic acids is 1. The second kappa shape index (κ2) is 16.7. The van der Waals surface area contributed by atoms with E-state index in [1.54, 1.807) is 24.3 Å². The zero-order valence-corrected chi connectivity index (χ0v) is 27.3. The Balaban J connectivity index is 1.90. The first-order valence-corrected chi connectivity index (χ1v) is 15.4. The standard InChI is InChI=1S/C34H39N5O9/c1-5-38(14-17-45-32(42)35-2)22-10-12-26-28(20-22)48-29-21-23(39(15-18-46-33(43)36-3)16-19-47-34(44)37-4)11-13-27(29)30(26)24-8-6-7-9-25(24)31(40)41/h6-13,20-21H,5,14-19H2,1-4H3,(H3-,35,36,37,40,41,42,43,44)/p+1. The van der Waals surface area contributed by atoms with Crippen molar-refractivity contribution < 1.29 is 42.9 Å². The van der Waals surface area contributed by atoms with Crippen LogP contribution in [0, 0.1) is 0 Å². The third-order valence-corrected chi connectivity index (χ3v) is 7.62.